The molecule has 1 aromatic carbocycles. The molecule has 0 fully saturated rings. The molecule has 3 N–H and O–H groups in total. The van der Waals surface area contributed by atoms with Gasteiger partial charge in [-0.05, 0) is 24.6 Å². The van der Waals surface area contributed by atoms with E-state index in [1.54, 1.807) is 44.3 Å². The summed E-state index contributed by atoms with van der Waals surface area (Å²) in [6.07, 6.45) is 0.856. The summed E-state index contributed by atoms with van der Waals surface area (Å²) in [5.41, 5.74) is 7.94. The molecule has 0 heterocycles. The Morgan fingerprint density at radius 2 is 2.05 bits per heavy atom. The smallest absolute Gasteiger partial charge is 0.253 e. The second kappa shape index (κ2) is 9.20. The maximum absolute atomic E-state index is 11.9. The third-order valence-electron chi connectivity index (χ3n) is 2.92. The van der Waals surface area contributed by atoms with Crippen molar-refractivity contribution in [3.8, 4) is 0 Å². The Kier molecular flexibility index (Phi) is 7.56. The molecule has 0 radical (unpaired) electrons. The van der Waals surface area contributed by atoms with Crippen molar-refractivity contribution in [3.05, 3.63) is 23.8 Å². The van der Waals surface area contributed by atoms with Crippen molar-refractivity contribution in [2.24, 2.45) is 0 Å². The molecule has 0 unspecified atom stereocenters. The zero-order chi connectivity index (χ0) is 15.7. The molecule has 118 valence electrons. The van der Waals surface area contributed by atoms with Crippen molar-refractivity contribution in [1.29, 1.82) is 0 Å². The fourth-order valence-corrected chi connectivity index (χ4v) is 1.74. The van der Waals surface area contributed by atoms with Crippen LogP contribution >= 0.6 is 0 Å². The van der Waals surface area contributed by atoms with Crippen molar-refractivity contribution in [1.82, 2.24) is 4.90 Å². The minimum Gasteiger partial charge on any atom is -0.397 e. The van der Waals surface area contributed by atoms with Gasteiger partial charge in [0.25, 0.3) is 5.91 Å². The number of nitrogen functional groups attached to an aromatic ring is 1. The molecule has 0 aliphatic carbocycles. The Morgan fingerprint density at radius 3 is 2.71 bits per heavy atom. The van der Waals surface area contributed by atoms with Crippen LogP contribution in [0, 0.1) is 0 Å². The average molecular weight is 295 g/mol. The molecular weight excluding hydrogens is 270 g/mol. The van der Waals surface area contributed by atoms with Gasteiger partial charge < -0.3 is 25.4 Å². The lowest BCUT2D eigenvalue weighted by Crippen LogP contribution is -2.22. The number of carbonyl (C=O) groups excluding carboxylic acids is 1. The topological polar surface area (TPSA) is 76.8 Å². The fraction of sp³-hybridized carbons (Fsp3) is 0.533. The molecule has 1 aromatic rings. The standard InChI is InChI=1S/C15H25N3O3/c1-18(2)15(19)12-5-6-13(16)14(11-12)17-7-4-8-21-10-9-20-3/h5-6,11,17H,4,7-10,16H2,1-3H3. The Bertz CT molecular complexity index is 450. The van der Waals surface area contributed by atoms with Crippen molar-refractivity contribution in [2.75, 3.05) is 58.6 Å². The Hall–Kier alpha value is -1.79. The zero-order valence-corrected chi connectivity index (χ0v) is 13.0. The van der Waals surface area contributed by atoms with E-state index in [0.29, 0.717) is 31.1 Å². The first-order valence-corrected chi connectivity index (χ1v) is 6.98. The number of rotatable bonds is 9. The lowest BCUT2D eigenvalue weighted by molar-refractivity contribution is 0.0705. The van der Waals surface area contributed by atoms with Gasteiger partial charge in [-0.15, -0.1) is 0 Å². The van der Waals surface area contributed by atoms with Gasteiger partial charge in [0, 0.05) is 39.9 Å². The molecular formula is C15H25N3O3. The normalized spacial score (nSPS) is 10.4. The summed E-state index contributed by atoms with van der Waals surface area (Å²) in [4.78, 5) is 13.5. The van der Waals surface area contributed by atoms with Crippen LogP contribution in [0.1, 0.15) is 16.8 Å². The van der Waals surface area contributed by atoms with Crippen molar-refractivity contribution in [2.45, 2.75) is 6.42 Å². The molecule has 0 aromatic heterocycles. The Morgan fingerprint density at radius 1 is 1.29 bits per heavy atom. The summed E-state index contributed by atoms with van der Waals surface area (Å²) < 4.78 is 10.3. The highest BCUT2D eigenvalue weighted by Gasteiger charge is 2.09. The lowest BCUT2D eigenvalue weighted by atomic mass is 10.1. The van der Waals surface area contributed by atoms with Crippen LogP contribution in [0.25, 0.3) is 0 Å². The molecule has 0 atom stereocenters. The minimum absolute atomic E-state index is 0.0408. The number of benzene rings is 1. The first-order valence-electron chi connectivity index (χ1n) is 6.98. The van der Waals surface area contributed by atoms with Gasteiger partial charge in [0.05, 0.1) is 24.6 Å². The van der Waals surface area contributed by atoms with Crippen LogP contribution in [0.3, 0.4) is 0 Å². The van der Waals surface area contributed by atoms with Gasteiger partial charge in [0.15, 0.2) is 0 Å². The molecule has 0 saturated heterocycles. The van der Waals surface area contributed by atoms with E-state index in [4.69, 9.17) is 15.2 Å². The van der Waals surface area contributed by atoms with Crippen LogP contribution in [-0.2, 0) is 9.47 Å². The maximum Gasteiger partial charge on any atom is 0.253 e. The van der Waals surface area contributed by atoms with Crippen LogP contribution in [0.4, 0.5) is 11.4 Å². The lowest BCUT2D eigenvalue weighted by Gasteiger charge is -2.14. The van der Waals surface area contributed by atoms with Crippen LogP contribution in [0.15, 0.2) is 18.2 Å². The molecule has 0 aliphatic rings. The first kappa shape index (κ1) is 17.3. The van der Waals surface area contributed by atoms with Crippen LogP contribution < -0.4 is 11.1 Å². The van der Waals surface area contributed by atoms with Gasteiger partial charge in [0.1, 0.15) is 0 Å². The molecule has 6 nitrogen and oxygen atoms in total. The second-order valence-electron chi connectivity index (χ2n) is 4.89. The van der Waals surface area contributed by atoms with Crippen LogP contribution in [0.2, 0.25) is 0 Å². The third-order valence-corrected chi connectivity index (χ3v) is 2.92. The SMILES string of the molecule is COCCOCCCNc1cc(C(=O)N(C)C)ccc1N. The van der Waals surface area contributed by atoms with E-state index in [0.717, 1.165) is 18.7 Å². The summed E-state index contributed by atoms with van der Waals surface area (Å²) in [6, 6.07) is 5.26. The van der Waals surface area contributed by atoms with E-state index in [-0.39, 0.29) is 5.91 Å². The number of hydrogen-bond donors (Lipinski definition) is 2. The van der Waals surface area contributed by atoms with Crippen molar-refractivity contribution < 1.29 is 14.3 Å². The number of amides is 1. The molecule has 21 heavy (non-hydrogen) atoms. The highest BCUT2D eigenvalue weighted by atomic mass is 16.5. The number of nitrogens with two attached hydrogens (primary N) is 1. The third kappa shape index (κ3) is 6.01. The monoisotopic (exact) mass is 295 g/mol. The number of nitrogens with zero attached hydrogens (tertiary/aromatic N) is 1. The van der Waals surface area contributed by atoms with E-state index < -0.39 is 0 Å². The van der Waals surface area contributed by atoms with Gasteiger partial charge in [-0.1, -0.05) is 0 Å². The summed E-state index contributed by atoms with van der Waals surface area (Å²) >= 11 is 0. The summed E-state index contributed by atoms with van der Waals surface area (Å²) in [5.74, 6) is -0.0408. The molecule has 1 amide bonds. The second-order valence-corrected chi connectivity index (χ2v) is 4.89. The van der Waals surface area contributed by atoms with E-state index in [9.17, 15) is 4.79 Å². The number of hydrogen-bond acceptors (Lipinski definition) is 5. The largest absolute Gasteiger partial charge is 0.397 e. The maximum atomic E-state index is 11.9. The highest BCUT2D eigenvalue weighted by molar-refractivity contribution is 5.95. The summed E-state index contributed by atoms with van der Waals surface area (Å²) in [6.45, 7) is 2.60. The molecule has 0 saturated carbocycles. The van der Waals surface area contributed by atoms with Crippen molar-refractivity contribution in [3.63, 3.8) is 0 Å². The van der Waals surface area contributed by atoms with E-state index in [2.05, 4.69) is 5.32 Å². The van der Waals surface area contributed by atoms with Gasteiger partial charge in [-0.3, -0.25) is 4.79 Å². The zero-order valence-electron chi connectivity index (χ0n) is 13.0. The molecule has 0 spiro atoms. The molecule has 0 aliphatic heterocycles. The molecule has 1 rings (SSSR count). The number of ether oxygens (including phenoxy) is 2. The molecule has 6 heteroatoms. The van der Waals surface area contributed by atoms with Gasteiger partial charge >= 0.3 is 0 Å². The molecule has 0 bridgehead atoms. The minimum atomic E-state index is -0.0408. The first-order chi connectivity index (χ1) is 10.1. The number of methoxy groups -OCH3 is 1. The summed E-state index contributed by atoms with van der Waals surface area (Å²) in [7, 11) is 5.10. The number of anilines is 2. The quantitative estimate of drug-likeness (QED) is 0.532. The number of carbonyl (C=O) groups is 1. The van der Waals surface area contributed by atoms with Crippen LogP contribution in [-0.4, -0.2) is 58.4 Å². The summed E-state index contributed by atoms with van der Waals surface area (Å²) in [5, 5.41) is 3.23. The van der Waals surface area contributed by atoms with Crippen molar-refractivity contribution >= 4 is 17.3 Å². The predicted octanol–water partition coefficient (Wildman–Crippen LogP) is 1.44. The Labute approximate surface area is 126 Å². The predicted molar refractivity (Wildman–Crippen MR) is 84.7 cm³/mol. The van der Waals surface area contributed by atoms with Gasteiger partial charge in [0.2, 0.25) is 0 Å². The fourth-order valence-electron chi connectivity index (χ4n) is 1.74. The van der Waals surface area contributed by atoms with E-state index in [1.807, 2.05) is 0 Å². The number of nitrogens with one attached hydrogen (secondary N) is 1. The Balaban J connectivity index is 2.44. The average Bonchev–Trinajstić information content (AvgIpc) is 2.47. The highest BCUT2D eigenvalue weighted by Crippen LogP contribution is 2.20. The van der Waals surface area contributed by atoms with Gasteiger partial charge in [-0.2, -0.15) is 0 Å². The van der Waals surface area contributed by atoms with E-state index in [1.165, 1.54) is 0 Å². The van der Waals surface area contributed by atoms with Crippen LogP contribution in [0.5, 0.6) is 0 Å². The van der Waals surface area contributed by atoms with Gasteiger partial charge in [-0.25, -0.2) is 0 Å². The van der Waals surface area contributed by atoms with E-state index >= 15 is 0 Å².